The number of ether oxygens (including phenoxy) is 1. The van der Waals surface area contributed by atoms with Gasteiger partial charge in [0.05, 0.1) is 34.6 Å². The molecule has 0 bridgehead atoms. The number of rotatable bonds is 1. The first kappa shape index (κ1) is 16.7. The molecule has 0 aliphatic carbocycles. The summed E-state index contributed by atoms with van der Waals surface area (Å²) in [4.78, 5) is 29.9. The molecule has 28 heavy (non-hydrogen) atoms. The molecule has 0 spiro atoms. The third-order valence-corrected chi connectivity index (χ3v) is 5.66. The summed E-state index contributed by atoms with van der Waals surface area (Å²) < 4.78 is 6.65. The number of fused-ring (bicyclic) bond motifs is 5. The number of nitrogens with zero attached hydrogens (tertiary/aromatic N) is 3. The highest BCUT2D eigenvalue weighted by Crippen LogP contribution is 2.38. The molecule has 0 fully saturated rings. The van der Waals surface area contributed by atoms with E-state index in [1.165, 1.54) is 0 Å². The van der Waals surface area contributed by atoms with E-state index < -0.39 is 11.6 Å². The second kappa shape index (κ2) is 5.50. The molecule has 0 radical (unpaired) electrons. The maximum atomic E-state index is 13.1. The van der Waals surface area contributed by atoms with Crippen molar-refractivity contribution in [1.82, 2.24) is 9.55 Å². The fourth-order valence-corrected chi connectivity index (χ4v) is 4.10. The zero-order valence-electron chi connectivity index (χ0n) is 15.0. The second-order valence-electron chi connectivity index (χ2n) is 7.09. The summed E-state index contributed by atoms with van der Waals surface area (Å²) in [5.74, 6) is -0.747. The monoisotopic (exact) mass is 373 g/mol. The molecule has 0 unspecified atom stereocenters. The minimum absolute atomic E-state index is 0.0955. The van der Waals surface area contributed by atoms with Gasteiger partial charge in [0.2, 0.25) is 0 Å². The van der Waals surface area contributed by atoms with Crippen LogP contribution >= 0.6 is 0 Å². The van der Waals surface area contributed by atoms with Gasteiger partial charge in [-0.2, -0.15) is 5.26 Å². The Morgan fingerprint density at radius 2 is 2.18 bits per heavy atom. The highest BCUT2D eigenvalue weighted by molar-refractivity contribution is 5.89. The predicted octanol–water partition coefficient (Wildman–Crippen LogP) is 1.95. The SMILES string of the molecule is CC[C@@]1(O)C(=O)OCc2c1cc1n(c2=O)Cc2cc3cccc(C#N)c3nc2-1. The van der Waals surface area contributed by atoms with Crippen LogP contribution < -0.4 is 5.56 Å². The van der Waals surface area contributed by atoms with Crippen molar-refractivity contribution in [2.24, 2.45) is 0 Å². The van der Waals surface area contributed by atoms with Crippen molar-refractivity contribution in [1.29, 1.82) is 5.26 Å². The Morgan fingerprint density at radius 1 is 1.36 bits per heavy atom. The van der Waals surface area contributed by atoms with E-state index in [9.17, 15) is 20.0 Å². The smallest absolute Gasteiger partial charge is 0.343 e. The summed E-state index contributed by atoms with van der Waals surface area (Å²) in [5, 5.41) is 21.1. The van der Waals surface area contributed by atoms with Crippen molar-refractivity contribution in [3.05, 3.63) is 62.9 Å². The first-order chi connectivity index (χ1) is 13.5. The number of hydrogen-bond acceptors (Lipinski definition) is 6. The Labute approximate surface area is 159 Å². The number of esters is 1. The number of hydrogen-bond donors (Lipinski definition) is 1. The third-order valence-electron chi connectivity index (χ3n) is 5.66. The number of para-hydroxylation sites is 1. The number of carbonyl (C=O) groups is 1. The van der Waals surface area contributed by atoms with Gasteiger partial charge < -0.3 is 14.4 Å². The summed E-state index contributed by atoms with van der Waals surface area (Å²) in [5.41, 5.74) is 1.43. The molecule has 0 saturated carbocycles. The van der Waals surface area contributed by atoms with Crippen LogP contribution in [0, 0.1) is 11.3 Å². The van der Waals surface area contributed by atoms with Crippen LogP contribution in [0.1, 0.15) is 35.6 Å². The Balaban J connectivity index is 1.82. The average molecular weight is 373 g/mol. The van der Waals surface area contributed by atoms with Gasteiger partial charge in [-0.15, -0.1) is 0 Å². The number of carbonyl (C=O) groups excluding carboxylic acids is 1. The van der Waals surface area contributed by atoms with Crippen molar-refractivity contribution in [2.45, 2.75) is 32.1 Å². The fourth-order valence-electron chi connectivity index (χ4n) is 4.10. The summed E-state index contributed by atoms with van der Waals surface area (Å²) in [7, 11) is 0. The molecule has 2 aromatic heterocycles. The second-order valence-corrected chi connectivity index (χ2v) is 7.09. The molecule has 138 valence electrons. The van der Waals surface area contributed by atoms with Gasteiger partial charge in [0.25, 0.3) is 5.56 Å². The molecule has 3 aromatic rings. The van der Waals surface area contributed by atoms with Crippen LogP contribution in [0.2, 0.25) is 0 Å². The molecule has 2 aliphatic heterocycles. The Bertz CT molecular complexity index is 1300. The summed E-state index contributed by atoms with van der Waals surface area (Å²) in [6.07, 6.45) is 0.0955. The van der Waals surface area contributed by atoms with Gasteiger partial charge in [0, 0.05) is 16.5 Å². The van der Waals surface area contributed by atoms with E-state index in [-0.39, 0.29) is 24.2 Å². The van der Waals surface area contributed by atoms with E-state index in [1.54, 1.807) is 29.7 Å². The van der Waals surface area contributed by atoms with Crippen LogP contribution in [0.15, 0.2) is 35.1 Å². The molecule has 0 saturated heterocycles. The van der Waals surface area contributed by atoms with Crippen molar-refractivity contribution in [3.8, 4) is 17.5 Å². The van der Waals surface area contributed by atoms with Crippen LogP contribution in [0.3, 0.4) is 0 Å². The van der Waals surface area contributed by atoms with Crippen molar-refractivity contribution in [2.75, 3.05) is 0 Å². The van der Waals surface area contributed by atoms with E-state index in [2.05, 4.69) is 11.1 Å². The maximum Gasteiger partial charge on any atom is 0.343 e. The Hall–Kier alpha value is -3.50. The van der Waals surface area contributed by atoms with E-state index >= 15 is 0 Å². The zero-order chi connectivity index (χ0) is 19.6. The molecule has 1 atom stereocenters. The third kappa shape index (κ3) is 1.98. The number of aromatic nitrogens is 2. The first-order valence-electron chi connectivity index (χ1n) is 8.98. The lowest BCUT2D eigenvalue weighted by Gasteiger charge is -2.31. The van der Waals surface area contributed by atoms with E-state index in [0.717, 1.165) is 10.9 Å². The van der Waals surface area contributed by atoms with Gasteiger partial charge >= 0.3 is 5.97 Å². The molecule has 1 aromatic carbocycles. The van der Waals surface area contributed by atoms with Gasteiger partial charge in [0.1, 0.15) is 12.7 Å². The normalized spacial score (nSPS) is 19.5. The van der Waals surface area contributed by atoms with Crippen LogP contribution in [0.4, 0.5) is 0 Å². The van der Waals surface area contributed by atoms with Crippen LogP contribution in [-0.4, -0.2) is 20.6 Å². The average Bonchev–Trinajstić information content (AvgIpc) is 3.07. The summed E-state index contributed by atoms with van der Waals surface area (Å²) >= 11 is 0. The van der Waals surface area contributed by atoms with Crippen molar-refractivity contribution >= 4 is 16.9 Å². The van der Waals surface area contributed by atoms with Crippen LogP contribution in [-0.2, 0) is 28.3 Å². The van der Waals surface area contributed by atoms with Gasteiger partial charge in [-0.05, 0) is 24.6 Å². The quantitative estimate of drug-likeness (QED) is 0.511. The Kier molecular flexibility index (Phi) is 3.27. The van der Waals surface area contributed by atoms with Gasteiger partial charge in [-0.25, -0.2) is 9.78 Å². The van der Waals surface area contributed by atoms with Gasteiger partial charge in [-0.3, -0.25) is 4.79 Å². The number of cyclic esters (lactones) is 1. The number of aliphatic hydroxyl groups is 1. The van der Waals surface area contributed by atoms with Crippen molar-refractivity contribution in [3.63, 3.8) is 0 Å². The van der Waals surface area contributed by atoms with Crippen LogP contribution in [0.25, 0.3) is 22.3 Å². The lowest BCUT2D eigenvalue weighted by atomic mass is 9.86. The van der Waals surface area contributed by atoms with E-state index in [0.29, 0.717) is 34.6 Å². The lowest BCUT2D eigenvalue weighted by Crippen LogP contribution is -2.44. The zero-order valence-corrected chi connectivity index (χ0v) is 15.0. The summed E-state index contributed by atoms with van der Waals surface area (Å²) in [6, 6.07) is 11.1. The molecular formula is C21H15N3O4. The molecule has 0 amide bonds. The maximum absolute atomic E-state index is 13.1. The first-order valence-corrected chi connectivity index (χ1v) is 8.98. The van der Waals surface area contributed by atoms with Gasteiger partial charge in [-0.1, -0.05) is 19.1 Å². The molecule has 7 heteroatoms. The molecule has 1 N–H and O–H groups in total. The molecule has 2 aliphatic rings. The fraction of sp³-hybridized carbons (Fsp3) is 0.238. The standard InChI is InChI=1S/C21H15N3O4/c1-2-21(27)15-7-16-18-13(6-11-4-3-5-12(8-22)17(11)23-18)9-24(16)19(25)14(15)10-28-20(21)26/h3-7,27H,2,9-10H2,1H3/t21-/m0/s1. The number of pyridine rings is 2. The van der Waals surface area contributed by atoms with E-state index in [4.69, 9.17) is 4.74 Å². The van der Waals surface area contributed by atoms with Crippen LogP contribution in [0.5, 0.6) is 0 Å². The lowest BCUT2D eigenvalue weighted by molar-refractivity contribution is -0.172. The predicted molar refractivity (Wildman–Crippen MR) is 99.2 cm³/mol. The number of nitriles is 1. The molecule has 4 heterocycles. The largest absolute Gasteiger partial charge is 0.458 e. The Morgan fingerprint density at radius 3 is 2.93 bits per heavy atom. The summed E-state index contributed by atoms with van der Waals surface area (Å²) in [6.45, 7) is 1.86. The molecule has 7 nitrogen and oxygen atoms in total. The number of benzene rings is 1. The van der Waals surface area contributed by atoms with Crippen molar-refractivity contribution < 1.29 is 14.6 Å². The topological polar surface area (TPSA) is 105 Å². The highest BCUT2D eigenvalue weighted by Gasteiger charge is 2.45. The van der Waals surface area contributed by atoms with Gasteiger partial charge in [0.15, 0.2) is 5.60 Å². The highest BCUT2D eigenvalue weighted by atomic mass is 16.6. The van der Waals surface area contributed by atoms with E-state index in [1.807, 2.05) is 12.1 Å². The molecular weight excluding hydrogens is 358 g/mol. The minimum Gasteiger partial charge on any atom is -0.458 e. The minimum atomic E-state index is -1.85. The molecule has 5 rings (SSSR count).